The van der Waals surface area contributed by atoms with Crippen molar-refractivity contribution in [2.24, 2.45) is 0 Å². The average Bonchev–Trinajstić information content (AvgIpc) is 3.31. The normalized spacial score (nSPS) is 14.6. The van der Waals surface area contributed by atoms with Crippen molar-refractivity contribution in [3.05, 3.63) is 117 Å². The van der Waals surface area contributed by atoms with Crippen LogP contribution in [-0.2, 0) is 11.2 Å². The van der Waals surface area contributed by atoms with Crippen LogP contribution >= 0.6 is 0 Å². The molecule has 8 nitrogen and oxygen atoms in total. The molecule has 0 saturated heterocycles. The fourth-order valence-electron chi connectivity index (χ4n) is 5.71. The number of benzene rings is 3. The van der Waals surface area contributed by atoms with Gasteiger partial charge >= 0.3 is 5.97 Å². The summed E-state index contributed by atoms with van der Waals surface area (Å²) < 4.78 is 5.87. The first kappa shape index (κ1) is 26.1. The Morgan fingerprint density at radius 2 is 1.76 bits per heavy atom. The number of aromatic nitrogens is 2. The number of carbonyl (C=O) groups is 2. The number of para-hydroxylation sites is 2. The number of carbonyl (C=O) groups excluding carboxylic acids is 2. The van der Waals surface area contributed by atoms with Gasteiger partial charge in [-0.25, -0.2) is 9.78 Å². The van der Waals surface area contributed by atoms with Gasteiger partial charge in [-0.1, -0.05) is 48.5 Å². The van der Waals surface area contributed by atoms with Crippen molar-refractivity contribution < 1.29 is 19.2 Å². The molecule has 1 aliphatic rings. The quantitative estimate of drug-likeness (QED) is 0.104. The van der Waals surface area contributed by atoms with Gasteiger partial charge in [-0.2, -0.15) is 0 Å². The minimum Gasteiger partial charge on any atom is -0.451 e. The van der Waals surface area contributed by atoms with E-state index in [0.29, 0.717) is 46.1 Å². The maximum Gasteiger partial charge on any atom is 0.339 e. The van der Waals surface area contributed by atoms with Gasteiger partial charge in [0.2, 0.25) is 5.78 Å². The van der Waals surface area contributed by atoms with Crippen LogP contribution in [0.2, 0.25) is 0 Å². The molecule has 0 spiro atoms. The summed E-state index contributed by atoms with van der Waals surface area (Å²) in [5, 5.41) is 12.8. The monoisotopic (exact) mass is 545 g/mol. The lowest BCUT2D eigenvalue weighted by Gasteiger charge is -2.23. The Morgan fingerprint density at radius 1 is 1.00 bits per heavy atom. The van der Waals surface area contributed by atoms with Crippen molar-refractivity contribution in [1.29, 1.82) is 0 Å². The predicted molar refractivity (Wildman–Crippen MR) is 158 cm³/mol. The Balaban J connectivity index is 1.40. The van der Waals surface area contributed by atoms with Crippen LogP contribution in [0.4, 0.5) is 5.69 Å². The number of pyridine rings is 1. The summed E-state index contributed by atoms with van der Waals surface area (Å²) in [7, 11) is 0. The standard InChI is InChI=1S/C33H27N3O5/c1-19-29(24-12-3-5-15-27(24)34-19)32(37)20(2)41-33(38)30-25-13-4-6-16-28(25)35-31-22(10-8-14-26(30)31)17-21-9-7-11-23(18-21)36(39)40/h3-7,9,11-13,15-18,20,34H,8,10,14H2,1-2H3/b22-17+/t20-/m1/s1. The number of nitro benzene ring substituents is 1. The molecule has 204 valence electrons. The van der Waals surface area contributed by atoms with Gasteiger partial charge in [-0.05, 0) is 68.0 Å². The molecule has 0 saturated carbocycles. The van der Waals surface area contributed by atoms with E-state index < -0.39 is 17.0 Å². The maximum absolute atomic E-state index is 13.8. The van der Waals surface area contributed by atoms with E-state index in [-0.39, 0.29) is 11.5 Å². The first-order chi connectivity index (χ1) is 19.8. The number of esters is 1. The van der Waals surface area contributed by atoms with Gasteiger partial charge in [-0.15, -0.1) is 0 Å². The highest BCUT2D eigenvalue weighted by Crippen LogP contribution is 2.37. The van der Waals surface area contributed by atoms with Gasteiger partial charge in [0.05, 0.1) is 21.7 Å². The van der Waals surface area contributed by atoms with Crippen molar-refractivity contribution in [2.45, 2.75) is 39.2 Å². The number of ether oxygens (including phenoxy) is 1. The average molecular weight is 546 g/mol. The number of hydrogen-bond donors (Lipinski definition) is 1. The van der Waals surface area contributed by atoms with E-state index in [0.717, 1.165) is 34.2 Å². The summed E-state index contributed by atoms with van der Waals surface area (Å²) >= 11 is 0. The Bertz CT molecular complexity index is 1900. The SMILES string of the molecule is Cc1[nH]c2ccccc2c1C(=O)[C@@H](C)OC(=O)c1c2c(nc3ccccc13)/C(=C/c1cccc([N+](=O)[O-])c1)CCC2. The second kappa shape index (κ2) is 10.5. The number of hydrogen-bond acceptors (Lipinski definition) is 6. The molecule has 41 heavy (non-hydrogen) atoms. The summed E-state index contributed by atoms with van der Waals surface area (Å²) in [6.45, 7) is 3.44. The molecule has 5 aromatic rings. The molecule has 1 aliphatic carbocycles. The third-order valence-electron chi connectivity index (χ3n) is 7.59. The van der Waals surface area contributed by atoms with Crippen LogP contribution in [0.1, 0.15) is 63.0 Å². The maximum atomic E-state index is 13.8. The zero-order valence-electron chi connectivity index (χ0n) is 22.6. The van der Waals surface area contributed by atoms with Crippen LogP contribution < -0.4 is 0 Å². The molecule has 2 aromatic heterocycles. The van der Waals surface area contributed by atoms with E-state index in [1.807, 2.05) is 67.6 Å². The Hall–Kier alpha value is -5.11. The summed E-state index contributed by atoms with van der Waals surface area (Å²) in [6.07, 6.45) is 2.99. The molecule has 0 unspecified atom stereocenters. The molecule has 0 aliphatic heterocycles. The van der Waals surface area contributed by atoms with Crippen LogP contribution in [0.25, 0.3) is 33.5 Å². The number of aromatic amines is 1. The van der Waals surface area contributed by atoms with Gasteiger partial charge in [0.25, 0.3) is 5.69 Å². The zero-order valence-corrected chi connectivity index (χ0v) is 22.6. The molecule has 0 fully saturated rings. The molecule has 0 bridgehead atoms. The number of ketones is 1. The lowest BCUT2D eigenvalue weighted by Crippen LogP contribution is -2.26. The number of aryl methyl sites for hydroxylation is 1. The molecule has 1 atom stereocenters. The van der Waals surface area contributed by atoms with Gasteiger partial charge < -0.3 is 9.72 Å². The third kappa shape index (κ3) is 4.78. The highest BCUT2D eigenvalue weighted by molar-refractivity contribution is 6.13. The topological polar surface area (TPSA) is 115 Å². The second-order valence-corrected chi connectivity index (χ2v) is 10.3. The van der Waals surface area contributed by atoms with Crippen LogP contribution in [0, 0.1) is 17.0 Å². The molecule has 6 rings (SSSR count). The first-order valence-corrected chi connectivity index (χ1v) is 13.5. The van der Waals surface area contributed by atoms with Gasteiger partial charge in [0, 0.05) is 39.7 Å². The lowest BCUT2D eigenvalue weighted by atomic mass is 9.86. The molecule has 2 heterocycles. The molecular weight excluding hydrogens is 518 g/mol. The van der Waals surface area contributed by atoms with Crippen LogP contribution in [0.15, 0.2) is 72.8 Å². The minimum absolute atomic E-state index is 0.00946. The van der Waals surface area contributed by atoms with E-state index >= 15 is 0 Å². The van der Waals surface area contributed by atoms with Gasteiger partial charge in [-0.3, -0.25) is 14.9 Å². The van der Waals surface area contributed by atoms with Gasteiger partial charge in [0.1, 0.15) is 0 Å². The number of Topliss-reactive ketones (excluding diaryl/α,β-unsaturated/α-hetero) is 1. The van der Waals surface area contributed by atoms with Crippen molar-refractivity contribution in [1.82, 2.24) is 9.97 Å². The molecule has 8 heteroatoms. The summed E-state index contributed by atoms with van der Waals surface area (Å²) in [5.41, 5.74) is 6.17. The second-order valence-electron chi connectivity index (χ2n) is 10.3. The van der Waals surface area contributed by atoms with Crippen molar-refractivity contribution in [3.8, 4) is 0 Å². The van der Waals surface area contributed by atoms with Crippen molar-refractivity contribution >= 4 is 50.9 Å². The Kier molecular flexibility index (Phi) is 6.67. The number of rotatable bonds is 6. The number of allylic oxidation sites excluding steroid dienone is 1. The Morgan fingerprint density at radius 3 is 2.56 bits per heavy atom. The van der Waals surface area contributed by atoms with Crippen LogP contribution in [0.3, 0.4) is 0 Å². The molecule has 1 N–H and O–H groups in total. The number of non-ortho nitro benzene ring substituents is 1. The predicted octanol–water partition coefficient (Wildman–Crippen LogP) is 7.24. The largest absolute Gasteiger partial charge is 0.451 e. The van der Waals surface area contributed by atoms with E-state index in [4.69, 9.17) is 9.72 Å². The van der Waals surface area contributed by atoms with E-state index in [2.05, 4.69) is 4.98 Å². The fourth-order valence-corrected chi connectivity index (χ4v) is 5.71. The molecule has 0 amide bonds. The highest BCUT2D eigenvalue weighted by Gasteiger charge is 2.30. The van der Waals surface area contributed by atoms with Crippen molar-refractivity contribution in [2.75, 3.05) is 0 Å². The van der Waals surface area contributed by atoms with Gasteiger partial charge in [0.15, 0.2) is 6.10 Å². The number of nitro groups is 1. The Labute approximate surface area is 235 Å². The van der Waals surface area contributed by atoms with E-state index in [1.165, 1.54) is 12.1 Å². The summed E-state index contributed by atoms with van der Waals surface area (Å²) in [5.74, 6) is -0.846. The minimum atomic E-state index is -1.01. The number of H-pyrrole nitrogens is 1. The van der Waals surface area contributed by atoms with E-state index in [9.17, 15) is 19.7 Å². The third-order valence-corrected chi connectivity index (χ3v) is 7.59. The van der Waals surface area contributed by atoms with E-state index in [1.54, 1.807) is 13.0 Å². The number of fused-ring (bicyclic) bond motifs is 3. The lowest BCUT2D eigenvalue weighted by molar-refractivity contribution is -0.384. The van der Waals surface area contributed by atoms with Crippen molar-refractivity contribution in [3.63, 3.8) is 0 Å². The summed E-state index contributed by atoms with van der Waals surface area (Å²) in [6, 6.07) is 21.4. The highest BCUT2D eigenvalue weighted by atomic mass is 16.6. The first-order valence-electron chi connectivity index (χ1n) is 13.5. The number of nitrogens with zero attached hydrogens (tertiary/aromatic N) is 2. The van der Waals surface area contributed by atoms with Crippen LogP contribution in [0.5, 0.6) is 0 Å². The molecule has 3 aromatic carbocycles. The zero-order chi connectivity index (χ0) is 28.7. The molecule has 0 radical (unpaired) electrons. The number of nitrogens with one attached hydrogen (secondary N) is 1. The smallest absolute Gasteiger partial charge is 0.339 e. The fraction of sp³-hybridized carbons (Fsp3) is 0.182. The van der Waals surface area contributed by atoms with Crippen LogP contribution in [-0.4, -0.2) is 32.7 Å². The summed E-state index contributed by atoms with van der Waals surface area (Å²) in [4.78, 5) is 46.4. The molecular formula is C33H27N3O5.